The second kappa shape index (κ2) is 7.90. The number of nitrogens with zero attached hydrogens (tertiary/aromatic N) is 1. The molecule has 0 aromatic heterocycles. The number of hydrogen-bond donors (Lipinski definition) is 3. The molecule has 1 fully saturated rings. The Labute approximate surface area is 188 Å². The predicted octanol–water partition coefficient (Wildman–Crippen LogP) is 4.25. The van der Waals surface area contributed by atoms with Crippen molar-refractivity contribution in [2.75, 3.05) is 6.61 Å². The summed E-state index contributed by atoms with van der Waals surface area (Å²) in [5.74, 6) is -2.15. The second-order valence-electron chi connectivity index (χ2n) is 9.87. The van der Waals surface area contributed by atoms with Crippen LogP contribution in [0.3, 0.4) is 0 Å². The Kier molecular flexibility index (Phi) is 5.51. The Hall–Kier alpha value is -2.90. The zero-order valence-electron chi connectivity index (χ0n) is 18.8. The fourth-order valence-corrected chi connectivity index (χ4v) is 5.55. The lowest BCUT2D eigenvalue weighted by molar-refractivity contribution is -0.263. The number of fused-ring (bicyclic) bond motifs is 3. The van der Waals surface area contributed by atoms with Crippen molar-refractivity contribution in [1.82, 2.24) is 10.4 Å². The van der Waals surface area contributed by atoms with Gasteiger partial charge in [0.1, 0.15) is 6.61 Å². The summed E-state index contributed by atoms with van der Waals surface area (Å²) in [6.45, 7) is 7.12. The molecule has 32 heavy (non-hydrogen) atoms. The van der Waals surface area contributed by atoms with Gasteiger partial charge in [-0.25, -0.2) is 4.79 Å². The molecule has 1 amide bonds. The molecule has 3 N–H and O–H groups in total. The van der Waals surface area contributed by atoms with E-state index in [2.05, 4.69) is 17.4 Å². The van der Waals surface area contributed by atoms with Crippen LogP contribution in [0.15, 0.2) is 48.5 Å². The molecule has 0 bridgehead atoms. The Morgan fingerprint density at radius 3 is 2.09 bits per heavy atom. The van der Waals surface area contributed by atoms with E-state index in [9.17, 15) is 19.9 Å². The Morgan fingerprint density at radius 1 is 1.03 bits per heavy atom. The summed E-state index contributed by atoms with van der Waals surface area (Å²) in [5.41, 5.74) is 2.72. The third-order valence-corrected chi connectivity index (χ3v) is 6.92. The van der Waals surface area contributed by atoms with Crippen molar-refractivity contribution < 1.29 is 24.6 Å². The van der Waals surface area contributed by atoms with Crippen LogP contribution in [0.1, 0.15) is 51.2 Å². The van der Waals surface area contributed by atoms with E-state index in [-0.39, 0.29) is 18.9 Å². The molecule has 1 saturated heterocycles. The van der Waals surface area contributed by atoms with Crippen molar-refractivity contribution in [3.63, 3.8) is 0 Å². The number of ether oxygens (including phenoxy) is 1. The Bertz CT molecular complexity index is 1000. The van der Waals surface area contributed by atoms with E-state index in [1.165, 1.54) is 0 Å². The summed E-state index contributed by atoms with van der Waals surface area (Å²) >= 11 is 0. The number of alkyl carbamates (subject to hydrolysis) is 1. The van der Waals surface area contributed by atoms with E-state index in [0.717, 1.165) is 27.3 Å². The molecule has 2 aliphatic rings. The summed E-state index contributed by atoms with van der Waals surface area (Å²) in [7, 11) is 0. The van der Waals surface area contributed by atoms with E-state index >= 15 is 0 Å². The summed E-state index contributed by atoms with van der Waals surface area (Å²) < 4.78 is 5.61. The maximum atomic E-state index is 12.8. The third-order valence-electron chi connectivity index (χ3n) is 6.92. The number of carbonyl (C=O) groups excluding carboxylic acids is 1. The lowest BCUT2D eigenvalue weighted by Crippen LogP contribution is -2.69. The van der Waals surface area contributed by atoms with E-state index in [1.54, 1.807) is 13.8 Å². The molecule has 7 heteroatoms. The van der Waals surface area contributed by atoms with Crippen LogP contribution in [0.4, 0.5) is 4.79 Å². The first-order chi connectivity index (χ1) is 15.0. The van der Waals surface area contributed by atoms with E-state index in [1.807, 2.05) is 50.2 Å². The standard InChI is InChI=1S/C25H30N2O5/c1-24(2)13-20(21(22(28)29)25(3,4)27(24)31)26-23(30)32-14-19-17-11-7-5-9-15(17)16-10-6-8-12-18(16)19/h5-12,19-21,31H,13-14H2,1-4H3,(H,26,30)(H,28,29). The van der Waals surface area contributed by atoms with Crippen molar-refractivity contribution in [1.29, 1.82) is 0 Å². The van der Waals surface area contributed by atoms with Gasteiger partial charge in [-0.3, -0.25) is 4.79 Å². The van der Waals surface area contributed by atoms with Gasteiger partial charge in [0, 0.05) is 17.5 Å². The van der Waals surface area contributed by atoms with Gasteiger partial charge >= 0.3 is 12.1 Å². The van der Waals surface area contributed by atoms with Gasteiger partial charge in [0.05, 0.1) is 11.5 Å². The van der Waals surface area contributed by atoms with Crippen LogP contribution in [-0.4, -0.2) is 51.2 Å². The third kappa shape index (κ3) is 3.65. The molecule has 1 heterocycles. The van der Waals surface area contributed by atoms with Crippen LogP contribution in [0.5, 0.6) is 0 Å². The van der Waals surface area contributed by atoms with Gasteiger partial charge in [0.25, 0.3) is 0 Å². The molecule has 2 unspecified atom stereocenters. The van der Waals surface area contributed by atoms with E-state index in [0.29, 0.717) is 0 Å². The SMILES string of the molecule is CC1(C)CC(NC(=O)OCC2c3ccccc3-c3ccccc32)C(C(=O)O)C(C)(C)N1O. The van der Waals surface area contributed by atoms with Crippen LogP contribution in [0.25, 0.3) is 11.1 Å². The number of piperidine rings is 1. The number of rotatable bonds is 4. The Balaban J connectivity index is 1.50. The molecule has 2 atom stereocenters. The number of hydrogen-bond acceptors (Lipinski definition) is 5. The molecule has 0 saturated carbocycles. The highest BCUT2D eigenvalue weighted by Gasteiger charge is 2.55. The van der Waals surface area contributed by atoms with Crippen molar-refractivity contribution in [3.05, 3.63) is 59.7 Å². The largest absolute Gasteiger partial charge is 0.481 e. The number of nitrogens with one attached hydrogen (secondary N) is 1. The van der Waals surface area contributed by atoms with Crippen LogP contribution < -0.4 is 5.32 Å². The average Bonchev–Trinajstić information content (AvgIpc) is 3.04. The highest BCUT2D eigenvalue weighted by atomic mass is 16.5. The van der Waals surface area contributed by atoms with Crippen LogP contribution in [-0.2, 0) is 9.53 Å². The smallest absolute Gasteiger partial charge is 0.407 e. The highest BCUT2D eigenvalue weighted by Crippen LogP contribution is 2.45. The predicted molar refractivity (Wildman–Crippen MR) is 120 cm³/mol. The van der Waals surface area contributed by atoms with Crippen molar-refractivity contribution in [3.8, 4) is 11.1 Å². The van der Waals surface area contributed by atoms with Crippen molar-refractivity contribution in [2.24, 2.45) is 5.92 Å². The van der Waals surface area contributed by atoms with Gasteiger partial charge in [-0.15, -0.1) is 0 Å². The van der Waals surface area contributed by atoms with E-state index < -0.39 is 35.1 Å². The number of aliphatic carboxylic acids is 1. The van der Waals surface area contributed by atoms with Gasteiger partial charge in [-0.05, 0) is 56.4 Å². The van der Waals surface area contributed by atoms with Crippen LogP contribution >= 0.6 is 0 Å². The van der Waals surface area contributed by atoms with Gasteiger partial charge in [0.2, 0.25) is 0 Å². The molecule has 0 radical (unpaired) electrons. The van der Waals surface area contributed by atoms with Crippen molar-refractivity contribution in [2.45, 2.75) is 57.2 Å². The first-order valence-electron chi connectivity index (χ1n) is 10.9. The number of carbonyl (C=O) groups is 2. The molecular weight excluding hydrogens is 408 g/mol. The van der Waals surface area contributed by atoms with Crippen molar-refractivity contribution >= 4 is 12.1 Å². The van der Waals surface area contributed by atoms with E-state index in [4.69, 9.17) is 4.74 Å². The number of carboxylic acid groups (broad SMARTS) is 1. The molecule has 7 nitrogen and oxygen atoms in total. The zero-order chi connectivity index (χ0) is 23.3. The first kappa shape index (κ1) is 22.3. The summed E-state index contributed by atoms with van der Waals surface area (Å²) in [6.07, 6.45) is -0.380. The highest BCUT2D eigenvalue weighted by molar-refractivity contribution is 5.79. The fraction of sp³-hybridized carbons (Fsp3) is 0.440. The van der Waals surface area contributed by atoms with Crippen LogP contribution in [0.2, 0.25) is 0 Å². The normalized spacial score (nSPS) is 23.8. The number of hydroxylamine groups is 2. The quantitative estimate of drug-likeness (QED) is 0.660. The summed E-state index contributed by atoms with van der Waals surface area (Å²) in [5, 5.41) is 24.3. The maximum absolute atomic E-state index is 12.8. The zero-order valence-corrected chi connectivity index (χ0v) is 18.8. The molecule has 170 valence electrons. The molecule has 2 aromatic carbocycles. The van der Waals surface area contributed by atoms with Gasteiger partial charge in [0.15, 0.2) is 0 Å². The molecular formula is C25H30N2O5. The van der Waals surface area contributed by atoms with Crippen LogP contribution in [0, 0.1) is 5.92 Å². The number of benzene rings is 2. The van der Waals surface area contributed by atoms with Gasteiger partial charge < -0.3 is 20.4 Å². The minimum Gasteiger partial charge on any atom is -0.481 e. The topological polar surface area (TPSA) is 99.1 Å². The fourth-order valence-electron chi connectivity index (χ4n) is 5.55. The van der Waals surface area contributed by atoms with Gasteiger partial charge in [-0.2, -0.15) is 5.06 Å². The monoisotopic (exact) mass is 438 g/mol. The average molecular weight is 439 g/mol. The second-order valence-corrected chi connectivity index (χ2v) is 9.87. The Morgan fingerprint density at radius 2 is 1.56 bits per heavy atom. The summed E-state index contributed by atoms with van der Waals surface area (Å²) in [6, 6.07) is 15.5. The number of amides is 1. The summed E-state index contributed by atoms with van der Waals surface area (Å²) in [4.78, 5) is 24.8. The lowest BCUT2D eigenvalue weighted by atomic mass is 9.71. The minimum absolute atomic E-state index is 0.0735. The lowest BCUT2D eigenvalue weighted by Gasteiger charge is -2.54. The maximum Gasteiger partial charge on any atom is 0.407 e. The molecule has 2 aromatic rings. The number of carboxylic acids is 1. The molecule has 1 aliphatic carbocycles. The molecule has 1 aliphatic heterocycles. The molecule has 4 rings (SSSR count). The first-order valence-corrected chi connectivity index (χ1v) is 10.9. The minimum atomic E-state index is -1.08. The molecule has 0 spiro atoms. The van der Waals surface area contributed by atoms with Gasteiger partial charge in [-0.1, -0.05) is 48.5 Å².